The van der Waals surface area contributed by atoms with Gasteiger partial charge >= 0.3 is 5.69 Å². The maximum atomic E-state index is 11.1. The zero-order chi connectivity index (χ0) is 11.4. The number of H-pyrrole nitrogens is 1. The average molecular weight is 218 g/mol. The van der Waals surface area contributed by atoms with Gasteiger partial charge in [0.2, 0.25) is 0 Å². The fraction of sp³-hybridized carbons (Fsp3) is 0.545. The maximum absolute atomic E-state index is 11.1. The highest BCUT2D eigenvalue weighted by molar-refractivity contribution is 5.38. The van der Waals surface area contributed by atoms with Crippen LogP contribution in [0.25, 0.3) is 0 Å². The largest absolute Gasteiger partial charge is 0.370 e. The molecule has 5 heteroatoms. The summed E-state index contributed by atoms with van der Waals surface area (Å²) in [5.41, 5.74) is -0.240. The number of hydrogen-bond donors (Lipinski definition) is 2. The summed E-state index contributed by atoms with van der Waals surface area (Å²) in [5, 5.41) is 11.7. The molecule has 0 atom stereocenters. The van der Waals surface area contributed by atoms with E-state index in [-0.39, 0.29) is 5.69 Å². The van der Waals surface area contributed by atoms with Gasteiger partial charge in [-0.1, -0.05) is 19.3 Å². The van der Waals surface area contributed by atoms with Gasteiger partial charge in [-0.25, -0.2) is 4.79 Å². The van der Waals surface area contributed by atoms with Gasteiger partial charge in [0.25, 0.3) is 0 Å². The van der Waals surface area contributed by atoms with Crippen LogP contribution in [0.15, 0.2) is 10.9 Å². The van der Waals surface area contributed by atoms with Crippen LogP contribution >= 0.6 is 0 Å². The Labute approximate surface area is 93.5 Å². The van der Waals surface area contributed by atoms with Crippen LogP contribution in [-0.2, 0) is 0 Å². The number of hydrogen-bond acceptors (Lipinski definition) is 4. The van der Waals surface area contributed by atoms with E-state index in [0.29, 0.717) is 5.82 Å². The van der Waals surface area contributed by atoms with Crippen LogP contribution in [0.1, 0.15) is 31.4 Å². The molecule has 0 saturated heterocycles. The lowest BCUT2D eigenvalue weighted by Gasteiger charge is -2.25. The van der Waals surface area contributed by atoms with Crippen molar-refractivity contribution in [1.82, 2.24) is 9.97 Å². The molecule has 0 aliphatic heterocycles. The number of rotatable bonds is 4. The van der Waals surface area contributed by atoms with Crippen molar-refractivity contribution >= 4 is 5.82 Å². The van der Waals surface area contributed by atoms with E-state index in [0.717, 1.165) is 18.9 Å². The second kappa shape index (κ2) is 4.79. The summed E-state index contributed by atoms with van der Waals surface area (Å²) in [4.78, 5) is 17.2. The Hall–Kier alpha value is -1.83. The summed E-state index contributed by atoms with van der Waals surface area (Å²) in [6.07, 6.45) is 5.07. The van der Waals surface area contributed by atoms with Gasteiger partial charge in [-0.2, -0.15) is 10.2 Å². The average Bonchev–Trinajstić information content (AvgIpc) is 2.21. The number of nitrogens with one attached hydrogen (secondary N) is 2. The Balaban J connectivity index is 1.90. The van der Waals surface area contributed by atoms with E-state index in [4.69, 9.17) is 5.26 Å². The maximum Gasteiger partial charge on any atom is 0.347 e. The molecule has 0 spiro atoms. The summed E-state index contributed by atoms with van der Waals surface area (Å²) < 4.78 is 0. The lowest BCUT2D eigenvalue weighted by atomic mass is 9.83. The topological polar surface area (TPSA) is 81.6 Å². The Bertz CT molecular complexity index is 456. The van der Waals surface area contributed by atoms with Gasteiger partial charge in [0.05, 0.1) is 0 Å². The van der Waals surface area contributed by atoms with Crippen molar-refractivity contribution < 1.29 is 0 Å². The van der Waals surface area contributed by atoms with Crippen LogP contribution in [0.2, 0.25) is 0 Å². The molecule has 0 aromatic carbocycles. The second-order valence-corrected chi connectivity index (χ2v) is 4.11. The van der Waals surface area contributed by atoms with Crippen molar-refractivity contribution in [2.24, 2.45) is 5.92 Å². The zero-order valence-electron chi connectivity index (χ0n) is 8.99. The van der Waals surface area contributed by atoms with Crippen molar-refractivity contribution in [2.45, 2.75) is 25.7 Å². The molecule has 84 valence electrons. The normalized spacial score (nSPS) is 15.2. The van der Waals surface area contributed by atoms with Gasteiger partial charge in [-0.3, -0.25) is 4.98 Å². The first-order valence-electron chi connectivity index (χ1n) is 5.53. The van der Waals surface area contributed by atoms with Crippen molar-refractivity contribution in [1.29, 1.82) is 5.26 Å². The van der Waals surface area contributed by atoms with Gasteiger partial charge < -0.3 is 5.32 Å². The predicted octanol–water partition coefficient (Wildman–Crippen LogP) is 1.24. The Morgan fingerprint density at radius 3 is 3.06 bits per heavy atom. The van der Waals surface area contributed by atoms with E-state index in [1.807, 2.05) is 6.07 Å². The molecule has 1 saturated carbocycles. The second-order valence-electron chi connectivity index (χ2n) is 4.11. The number of nitriles is 1. The minimum atomic E-state index is -0.481. The van der Waals surface area contributed by atoms with Gasteiger partial charge in [-0.15, -0.1) is 0 Å². The van der Waals surface area contributed by atoms with E-state index < -0.39 is 5.69 Å². The number of aromatic amines is 1. The third kappa shape index (κ3) is 2.60. The van der Waals surface area contributed by atoms with Crippen LogP contribution < -0.4 is 11.0 Å². The van der Waals surface area contributed by atoms with E-state index in [9.17, 15) is 4.79 Å². The third-order valence-electron chi connectivity index (χ3n) is 2.95. The van der Waals surface area contributed by atoms with E-state index >= 15 is 0 Å². The molecule has 1 aliphatic carbocycles. The Morgan fingerprint density at radius 1 is 1.62 bits per heavy atom. The van der Waals surface area contributed by atoms with Crippen molar-refractivity contribution in [3.8, 4) is 6.07 Å². The highest BCUT2D eigenvalue weighted by Crippen LogP contribution is 2.28. The SMILES string of the molecule is N#Cc1cc(NCCC2CCC2)nc(=O)[nH]1. The zero-order valence-corrected chi connectivity index (χ0v) is 8.99. The molecule has 0 unspecified atom stereocenters. The fourth-order valence-corrected chi connectivity index (χ4v) is 1.79. The first-order valence-corrected chi connectivity index (χ1v) is 5.53. The Morgan fingerprint density at radius 2 is 2.44 bits per heavy atom. The van der Waals surface area contributed by atoms with Gasteiger partial charge in [0, 0.05) is 12.6 Å². The highest BCUT2D eigenvalue weighted by atomic mass is 16.1. The molecule has 0 amide bonds. The fourth-order valence-electron chi connectivity index (χ4n) is 1.79. The summed E-state index contributed by atoms with van der Waals surface area (Å²) in [5.74, 6) is 1.31. The molecule has 2 rings (SSSR count). The number of anilines is 1. The van der Waals surface area contributed by atoms with E-state index in [1.165, 1.54) is 19.3 Å². The van der Waals surface area contributed by atoms with Crippen molar-refractivity contribution in [3.63, 3.8) is 0 Å². The molecule has 1 heterocycles. The molecule has 1 aliphatic rings. The lowest BCUT2D eigenvalue weighted by Crippen LogP contribution is -2.18. The van der Waals surface area contributed by atoms with Crippen LogP contribution in [0.3, 0.4) is 0 Å². The number of nitrogens with zero attached hydrogens (tertiary/aromatic N) is 2. The molecule has 0 radical (unpaired) electrons. The summed E-state index contributed by atoms with van der Waals surface area (Å²) in [6.45, 7) is 0.811. The smallest absolute Gasteiger partial charge is 0.347 e. The van der Waals surface area contributed by atoms with Crippen LogP contribution in [0, 0.1) is 17.2 Å². The molecule has 2 N–H and O–H groups in total. The molecule has 16 heavy (non-hydrogen) atoms. The van der Waals surface area contributed by atoms with E-state index in [1.54, 1.807) is 6.07 Å². The molecule has 5 nitrogen and oxygen atoms in total. The summed E-state index contributed by atoms with van der Waals surface area (Å²) in [6, 6.07) is 3.45. The molecular formula is C11H14N4O. The monoisotopic (exact) mass is 218 g/mol. The van der Waals surface area contributed by atoms with Gasteiger partial charge in [0.15, 0.2) is 0 Å². The standard InChI is InChI=1S/C11H14N4O/c12-7-9-6-10(15-11(16)14-9)13-5-4-8-2-1-3-8/h6,8H,1-5H2,(H2,13,14,15,16). The predicted molar refractivity (Wildman–Crippen MR) is 60.0 cm³/mol. The van der Waals surface area contributed by atoms with Gasteiger partial charge in [-0.05, 0) is 12.3 Å². The molecule has 1 aromatic rings. The Kier molecular flexibility index (Phi) is 3.20. The van der Waals surface area contributed by atoms with Gasteiger partial charge in [0.1, 0.15) is 17.6 Å². The van der Waals surface area contributed by atoms with Crippen molar-refractivity contribution in [2.75, 3.05) is 11.9 Å². The van der Waals surface area contributed by atoms with Crippen LogP contribution in [-0.4, -0.2) is 16.5 Å². The lowest BCUT2D eigenvalue weighted by molar-refractivity contribution is 0.303. The minimum Gasteiger partial charge on any atom is -0.370 e. The molecule has 0 bridgehead atoms. The number of aromatic nitrogens is 2. The molecular weight excluding hydrogens is 204 g/mol. The molecule has 1 aromatic heterocycles. The third-order valence-corrected chi connectivity index (χ3v) is 2.95. The minimum absolute atomic E-state index is 0.242. The van der Waals surface area contributed by atoms with Crippen LogP contribution in [0.4, 0.5) is 5.82 Å². The first-order chi connectivity index (χ1) is 7.78. The molecule has 1 fully saturated rings. The van der Waals surface area contributed by atoms with E-state index in [2.05, 4.69) is 15.3 Å². The highest BCUT2D eigenvalue weighted by Gasteiger charge is 2.16. The summed E-state index contributed by atoms with van der Waals surface area (Å²) >= 11 is 0. The summed E-state index contributed by atoms with van der Waals surface area (Å²) in [7, 11) is 0. The quantitative estimate of drug-likeness (QED) is 0.796. The van der Waals surface area contributed by atoms with Crippen molar-refractivity contribution in [3.05, 3.63) is 22.2 Å². The first kappa shape index (κ1) is 10.7. The van der Waals surface area contributed by atoms with Crippen LogP contribution in [0.5, 0.6) is 0 Å².